The van der Waals surface area contributed by atoms with Crippen molar-refractivity contribution >= 4 is 23.4 Å². The van der Waals surface area contributed by atoms with E-state index in [-0.39, 0.29) is 12.1 Å². The van der Waals surface area contributed by atoms with Gasteiger partial charge in [-0.3, -0.25) is 5.32 Å². The fourth-order valence-electron chi connectivity index (χ4n) is 2.29. The van der Waals surface area contributed by atoms with E-state index >= 15 is 0 Å². The van der Waals surface area contributed by atoms with Crippen molar-refractivity contribution in [2.75, 3.05) is 5.32 Å². The highest BCUT2D eigenvalue weighted by atomic mass is 35.5. The molecule has 3 N–H and O–H groups in total. The van der Waals surface area contributed by atoms with Crippen molar-refractivity contribution in [1.29, 1.82) is 0 Å². The number of amides is 1. The Morgan fingerprint density at radius 1 is 1.26 bits per heavy atom. The molecule has 1 aliphatic carbocycles. The van der Waals surface area contributed by atoms with Crippen molar-refractivity contribution in [3.63, 3.8) is 0 Å². The van der Waals surface area contributed by atoms with Gasteiger partial charge in [0.2, 0.25) is 0 Å². The van der Waals surface area contributed by atoms with E-state index in [9.17, 15) is 4.79 Å². The Morgan fingerprint density at radius 3 is 2.79 bits per heavy atom. The third-order valence-electron chi connectivity index (χ3n) is 3.37. The van der Waals surface area contributed by atoms with Gasteiger partial charge in [0.1, 0.15) is 6.10 Å². The number of ether oxygens (including phenoxy) is 1. The molecule has 1 aromatic rings. The van der Waals surface area contributed by atoms with Crippen LogP contribution in [0, 0.1) is 0 Å². The van der Waals surface area contributed by atoms with Crippen molar-refractivity contribution in [2.45, 2.75) is 44.2 Å². The first-order valence-corrected chi connectivity index (χ1v) is 7.02. The van der Waals surface area contributed by atoms with Gasteiger partial charge in [0.15, 0.2) is 0 Å². The lowest BCUT2D eigenvalue weighted by molar-refractivity contribution is 0.0899. The van der Waals surface area contributed by atoms with E-state index in [0.29, 0.717) is 10.7 Å². The van der Waals surface area contributed by atoms with Crippen LogP contribution in [0.25, 0.3) is 0 Å². The lowest BCUT2D eigenvalue weighted by atomic mass is 10.1. The molecule has 1 saturated carbocycles. The van der Waals surface area contributed by atoms with Gasteiger partial charge >= 0.3 is 6.09 Å². The van der Waals surface area contributed by atoms with Crippen molar-refractivity contribution in [2.24, 2.45) is 5.73 Å². The molecule has 2 unspecified atom stereocenters. The summed E-state index contributed by atoms with van der Waals surface area (Å²) in [7, 11) is 0. The molecule has 0 bridgehead atoms. The largest absolute Gasteiger partial charge is 0.444 e. The molecule has 1 fully saturated rings. The number of para-hydroxylation sites is 1. The second-order valence-electron chi connectivity index (χ2n) is 4.85. The number of rotatable bonds is 2. The van der Waals surface area contributed by atoms with Crippen molar-refractivity contribution in [1.82, 2.24) is 0 Å². The van der Waals surface area contributed by atoms with Gasteiger partial charge in [0, 0.05) is 6.04 Å². The molecule has 1 aliphatic rings. The highest BCUT2D eigenvalue weighted by molar-refractivity contribution is 6.33. The van der Waals surface area contributed by atoms with Crippen LogP contribution in [-0.4, -0.2) is 18.2 Å². The molecule has 104 valence electrons. The number of carbonyl (C=O) groups excluding carboxylic acids is 1. The van der Waals surface area contributed by atoms with E-state index in [2.05, 4.69) is 5.32 Å². The Kier molecular flexibility index (Phi) is 5.05. The maximum absolute atomic E-state index is 11.8. The van der Waals surface area contributed by atoms with Crippen LogP contribution >= 0.6 is 11.6 Å². The summed E-state index contributed by atoms with van der Waals surface area (Å²) in [6, 6.07) is 6.99. The molecule has 19 heavy (non-hydrogen) atoms. The second kappa shape index (κ2) is 6.78. The fourth-order valence-corrected chi connectivity index (χ4v) is 2.47. The third-order valence-corrected chi connectivity index (χ3v) is 3.70. The van der Waals surface area contributed by atoms with Gasteiger partial charge in [-0.15, -0.1) is 0 Å². The summed E-state index contributed by atoms with van der Waals surface area (Å²) in [6.07, 6.45) is 4.35. The zero-order chi connectivity index (χ0) is 13.7. The minimum absolute atomic E-state index is 0.0699. The Bertz CT molecular complexity index is 439. The summed E-state index contributed by atoms with van der Waals surface area (Å²) in [5.41, 5.74) is 6.57. The van der Waals surface area contributed by atoms with E-state index in [0.717, 1.165) is 32.1 Å². The predicted molar refractivity (Wildman–Crippen MR) is 76.4 cm³/mol. The number of hydrogen-bond acceptors (Lipinski definition) is 3. The minimum Gasteiger partial charge on any atom is -0.444 e. The molecular formula is C14H19ClN2O2. The Hall–Kier alpha value is -1.26. The van der Waals surface area contributed by atoms with Gasteiger partial charge in [0.25, 0.3) is 0 Å². The molecule has 2 atom stereocenters. The molecule has 0 heterocycles. The summed E-state index contributed by atoms with van der Waals surface area (Å²) in [4.78, 5) is 11.8. The van der Waals surface area contributed by atoms with Crippen molar-refractivity contribution in [3.8, 4) is 0 Å². The van der Waals surface area contributed by atoms with E-state index in [1.54, 1.807) is 24.3 Å². The Labute approximate surface area is 118 Å². The summed E-state index contributed by atoms with van der Waals surface area (Å²) in [5.74, 6) is 0. The molecule has 1 aromatic carbocycles. The maximum Gasteiger partial charge on any atom is 0.411 e. The van der Waals surface area contributed by atoms with Crippen LogP contribution < -0.4 is 11.1 Å². The minimum atomic E-state index is -0.490. The molecule has 0 aromatic heterocycles. The van der Waals surface area contributed by atoms with E-state index in [1.807, 2.05) is 0 Å². The Morgan fingerprint density at radius 2 is 2.00 bits per heavy atom. The zero-order valence-electron chi connectivity index (χ0n) is 10.8. The average molecular weight is 283 g/mol. The molecule has 2 rings (SSSR count). The molecule has 5 heteroatoms. The SMILES string of the molecule is NC1CCCCCC1OC(=O)Nc1ccccc1Cl. The standard InChI is InChI=1S/C14H19ClN2O2/c15-10-6-4-5-8-12(10)17-14(18)19-13-9-3-1-2-7-11(13)16/h4-6,8,11,13H,1-3,7,9,16H2,(H,17,18). The summed E-state index contributed by atoms with van der Waals surface area (Å²) >= 11 is 5.97. The average Bonchev–Trinajstić information content (AvgIpc) is 2.58. The molecule has 0 aliphatic heterocycles. The molecule has 1 amide bonds. The van der Waals surface area contributed by atoms with Gasteiger partial charge in [0.05, 0.1) is 10.7 Å². The van der Waals surface area contributed by atoms with Crippen LogP contribution in [0.5, 0.6) is 0 Å². The summed E-state index contributed by atoms with van der Waals surface area (Å²) in [5, 5.41) is 3.14. The number of anilines is 1. The highest BCUT2D eigenvalue weighted by Gasteiger charge is 2.24. The van der Waals surface area contributed by atoms with Crippen molar-refractivity contribution < 1.29 is 9.53 Å². The summed E-state index contributed by atoms with van der Waals surface area (Å²) < 4.78 is 5.41. The van der Waals surface area contributed by atoms with Crippen LogP contribution in [-0.2, 0) is 4.74 Å². The van der Waals surface area contributed by atoms with Gasteiger partial charge in [-0.2, -0.15) is 0 Å². The first kappa shape index (κ1) is 14.2. The smallest absolute Gasteiger partial charge is 0.411 e. The first-order valence-electron chi connectivity index (χ1n) is 6.64. The number of nitrogens with two attached hydrogens (primary N) is 1. The van der Waals surface area contributed by atoms with Crippen molar-refractivity contribution in [3.05, 3.63) is 29.3 Å². The van der Waals surface area contributed by atoms with Crippen LogP contribution in [0.15, 0.2) is 24.3 Å². The predicted octanol–water partition coefficient (Wildman–Crippen LogP) is 3.55. The number of halogens is 1. The highest BCUT2D eigenvalue weighted by Crippen LogP contribution is 2.22. The van der Waals surface area contributed by atoms with Crippen LogP contribution in [0.1, 0.15) is 32.1 Å². The molecule has 0 radical (unpaired) electrons. The van der Waals surface area contributed by atoms with Gasteiger partial charge in [-0.05, 0) is 31.4 Å². The van der Waals surface area contributed by atoms with Gasteiger partial charge < -0.3 is 10.5 Å². The quantitative estimate of drug-likeness (QED) is 0.815. The van der Waals surface area contributed by atoms with Gasteiger partial charge in [-0.1, -0.05) is 36.6 Å². The first-order chi connectivity index (χ1) is 9.16. The fraction of sp³-hybridized carbons (Fsp3) is 0.500. The number of benzene rings is 1. The topological polar surface area (TPSA) is 64.3 Å². The second-order valence-corrected chi connectivity index (χ2v) is 5.26. The zero-order valence-corrected chi connectivity index (χ0v) is 11.5. The van der Waals surface area contributed by atoms with E-state index in [1.165, 1.54) is 0 Å². The van der Waals surface area contributed by atoms with Crippen LogP contribution in [0.2, 0.25) is 5.02 Å². The molecule has 4 nitrogen and oxygen atoms in total. The van der Waals surface area contributed by atoms with Crippen LogP contribution in [0.3, 0.4) is 0 Å². The summed E-state index contributed by atoms with van der Waals surface area (Å²) in [6.45, 7) is 0. The molecule has 0 spiro atoms. The normalized spacial score (nSPS) is 23.5. The van der Waals surface area contributed by atoms with E-state index < -0.39 is 6.09 Å². The monoisotopic (exact) mass is 282 g/mol. The number of hydrogen-bond donors (Lipinski definition) is 2. The van der Waals surface area contributed by atoms with Gasteiger partial charge in [-0.25, -0.2) is 4.79 Å². The Balaban J connectivity index is 1.92. The number of carbonyl (C=O) groups is 1. The lowest BCUT2D eigenvalue weighted by Crippen LogP contribution is -2.38. The number of nitrogens with one attached hydrogen (secondary N) is 1. The molecular weight excluding hydrogens is 264 g/mol. The maximum atomic E-state index is 11.8. The lowest BCUT2D eigenvalue weighted by Gasteiger charge is -2.21. The molecule has 0 saturated heterocycles. The van der Waals surface area contributed by atoms with E-state index in [4.69, 9.17) is 22.1 Å². The third kappa shape index (κ3) is 4.11. The van der Waals surface area contributed by atoms with Crippen LogP contribution in [0.4, 0.5) is 10.5 Å².